The molecule has 0 aliphatic carbocycles. The van der Waals surface area contributed by atoms with Crippen molar-refractivity contribution >= 4 is 17.2 Å². The van der Waals surface area contributed by atoms with Crippen LogP contribution in [0.15, 0.2) is 6.20 Å². The highest BCUT2D eigenvalue weighted by molar-refractivity contribution is 5.67. The summed E-state index contributed by atoms with van der Waals surface area (Å²) in [5.74, 6) is 0.989. The van der Waals surface area contributed by atoms with E-state index in [1.807, 2.05) is 0 Å². The van der Waals surface area contributed by atoms with Crippen molar-refractivity contribution in [2.45, 2.75) is 39.3 Å². The molecule has 26 heavy (non-hydrogen) atoms. The van der Waals surface area contributed by atoms with Crippen molar-refractivity contribution in [3.8, 4) is 0 Å². The Morgan fingerprint density at radius 1 is 1.35 bits per heavy atom. The lowest BCUT2D eigenvalue weighted by atomic mass is 10.1. The molecule has 0 amide bonds. The Labute approximate surface area is 152 Å². The smallest absolute Gasteiger partial charge is 0.333 e. The fraction of sp³-hybridized carbons (Fsp3) is 0.647. The zero-order chi connectivity index (χ0) is 18.3. The Hall–Kier alpha value is -2.26. The van der Waals surface area contributed by atoms with Gasteiger partial charge in [-0.2, -0.15) is 9.61 Å². The monoisotopic (exact) mass is 359 g/mol. The quantitative estimate of drug-likeness (QED) is 0.633. The number of hydrogen-bond acceptors (Lipinski definition) is 7. The van der Waals surface area contributed by atoms with Crippen LogP contribution < -0.4 is 10.2 Å². The molecule has 140 valence electrons. The van der Waals surface area contributed by atoms with Crippen molar-refractivity contribution in [2.24, 2.45) is 0 Å². The fourth-order valence-electron chi connectivity index (χ4n) is 3.92. The molecule has 9 nitrogen and oxygen atoms in total. The van der Waals surface area contributed by atoms with Crippen LogP contribution in [0.3, 0.4) is 0 Å². The molecule has 2 aliphatic heterocycles. The van der Waals surface area contributed by atoms with E-state index in [4.69, 9.17) is 4.98 Å². The summed E-state index contributed by atoms with van der Waals surface area (Å²) in [5, 5.41) is 19.1. The number of nitrogens with zero attached hydrogens (tertiary/aromatic N) is 6. The average molecular weight is 359 g/mol. The van der Waals surface area contributed by atoms with Crippen molar-refractivity contribution < 1.29 is 4.92 Å². The molecule has 1 fully saturated rings. The zero-order valence-electron chi connectivity index (χ0n) is 15.3. The number of fused-ring (bicyclic) bond motifs is 3. The molecular weight excluding hydrogens is 334 g/mol. The van der Waals surface area contributed by atoms with E-state index in [0.29, 0.717) is 11.7 Å². The first-order valence-corrected chi connectivity index (χ1v) is 9.33. The maximum absolute atomic E-state index is 11.4. The van der Waals surface area contributed by atoms with Crippen LogP contribution in [-0.4, -0.2) is 63.2 Å². The lowest BCUT2D eigenvalue weighted by Crippen LogP contribution is -2.43. The predicted molar refractivity (Wildman–Crippen MR) is 98.6 cm³/mol. The van der Waals surface area contributed by atoms with Gasteiger partial charge in [0.25, 0.3) is 0 Å². The van der Waals surface area contributed by atoms with Crippen LogP contribution in [0.1, 0.15) is 31.5 Å². The van der Waals surface area contributed by atoms with E-state index < -0.39 is 4.92 Å². The van der Waals surface area contributed by atoms with Gasteiger partial charge >= 0.3 is 5.69 Å². The van der Waals surface area contributed by atoms with Gasteiger partial charge in [0.2, 0.25) is 5.65 Å². The molecule has 1 saturated heterocycles. The molecule has 0 bridgehead atoms. The van der Waals surface area contributed by atoms with Crippen LogP contribution in [-0.2, 0) is 13.0 Å². The van der Waals surface area contributed by atoms with Gasteiger partial charge in [-0.1, -0.05) is 6.92 Å². The molecule has 9 heteroatoms. The third-order valence-electron chi connectivity index (χ3n) is 5.56. The Morgan fingerprint density at radius 3 is 2.81 bits per heavy atom. The number of nitrogens with one attached hydrogen (secondary N) is 1. The van der Waals surface area contributed by atoms with Crippen molar-refractivity contribution in [1.29, 1.82) is 0 Å². The highest BCUT2D eigenvalue weighted by Crippen LogP contribution is 2.35. The van der Waals surface area contributed by atoms with Gasteiger partial charge < -0.3 is 10.2 Å². The highest BCUT2D eigenvalue weighted by atomic mass is 16.6. The van der Waals surface area contributed by atoms with Gasteiger partial charge in [-0.15, -0.1) is 0 Å². The minimum absolute atomic E-state index is 0.0228. The number of aromatic nitrogens is 3. The predicted octanol–water partition coefficient (Wildman–Crippen LogP) is 1.20. The molecule has 2 aromatic rings. The van der Waals surface area contributed by atoms with Crippen LogP contribution in [0, 0.1) is 10.1 Å². The summed E-state index contributed by atoms with van der Waals surface area (Å²) in [6, 6.07) is 0.358. The molecule has 2 aliphatic rings. The molecular formula is C17H25N7O2. The van der Waals surface area contributed by atoms with E-state index in [9.17, 15) is 10.1 Å². The molecule has 0 aromatic carbocycles. The minimum atomic E-state index is -0.390. The van der Waals surface area contributed by atoms with Gasteiger partial charge in [0, 0.05) is 50.9 Å². The number of nitro groups is 1. The fourth-order valence-corrected chi connectivity index (χ4v) is 3.92. The summed E-state index contributed by atoms with van der Waals surface area (Å²) < 4.78 is 1.67. The molecule has 1 unspecified atom stereocenters. The molecule has 4 heterocycles. The van der Waals surface area contributed by atoms with Gasteiger partial charge in [-0.3, -0.25) is 15.0 Å². The minimum Gasteiger partial charge on any atom is -0.353 e. The van der Waals surface area contributed by atoms with Crippen molar-refractivity contribution in [2.75, 3.05) is 37.6 Å². The van der Waals surface area contributed by atoms with Crippen molar-refractivity contribution in [3.05, 3.63) is 27.6 Å². The third kappa shape index (κ3) is 2.80. The van der Waals surface area contributed by atoms with E-state index in [1.165, 1.54) is 11.8 Å². The Balaban J connectivity index is 1.83. The molecule has 1 N–H and O–H groups in total. The molecule has 0 radical (unpaired) electrons. The Kier molecular flexibility index (Phi) is 4.49. The average Bonchev–Trinajstić information content (AvgIpc) is 3.26. The van der Waals surface area contributed by atoms with E-state index in [2.05, 4.69) is 34.1 Å². The van der Waals surface area contributed by atoms with Crippen molar-refractivity contribution in [3.63, 3.8) is 0 Å². The summed E-state index contributed by atoms with van der Waals surface area (Å²) in [6.07, 6.45) is 3.25. The second-order valence-electron chi connectivity index (χ2n) is 7.11. The summed E-state index contributed by atoms with van der Waals surface area (Å²) in [7, 11) is 0. The van der Waals surface area contributed by atoms with Crippen LogP contribution >= 0.6 is 0 Å². The first-order chi connectivity index (χ1) is 12.6. The Morgan fingerprint density at radius 2 is 2.12 bits per heavy atom. The summed E-state index contributed by atoms with van der Waals surface area (Å²) in [5.41, 5.74) is 2.48. The number of piperazine rings is 1. The maximum atomic E-state index is 11.4. The van der Waals surface area contributed by atoms with Gasteiger partial charge in [0.1, 0.15) is 12.0 Å². The molecule has 1 atom stereocenters. The van der Waals surface area contributed by atoms with Crippen LogP contribution in [0.25, 0.3) is 5.65 Å². The summed E-state index contributed by atoms with van der Waals surface area (Å²) >= 11 is 0. The molecule has 0 spiro atoms. The molecule has 0 saturated carbocycles. The lowest BCUT2D eigenvalue weighted by Gasteiger charge is -2.28. The number of hydrogen-bond donors (Lipinski definition) is 1. The third-order valence-corrected chi connectivity index (χ3v) is 5.56. The highest BCUT2D eigenvalue weighted by Gasteiger charge is 2.32. The van der Waals surface area contributed by atoms with Crippen LogP contribution in [0.5, 0.6) is 0 Å². The second-order valence-corrected chi connectivity index (χ2v) is 7.11. The van der Waals surface area contributed by atoms with E-state index in [1.54, 1.807) is 4.52 Å². The first-order valence-electron chi connectivity index (χ1n) is 9.33. The second kappa shape index (κ2) is 6.81. The first kappa shape index (κ1) is 17.2. The summed E-state index contributed by atoms with van der Waals surface area (Å²) in [4.78, 5) is 20.4. The zero-order valence-corrected chi connectivity index (χ0v) is 15.3. The SMILES string of the molecule is CCC(C)N1CCc2c(CN3CCNCC3)nc3c([N+](=O)[O-])cnn3c21. The Bertz CT molecular complexity index is 828. The molecule has 4 rings (SSSR count). The normalized spacial score (nSPS) is 19.1. The van der Waals surface area contributed by atoms with Crippen molar-refractivity contribution in [1.82, 2.24) is 24.8 Å². The van der Waals surface area contributed by atoms with Gasteiger partial charge in [0.05, 0.1) is 10.6 Å². The topological polar surface area (TPSA) is 91.8 Å². The molecule has 2 aromatic heterocycles. The van der Waals surface area contributed by atoms with Crippen LogP contribution in [0.2, 0.25) is 0 Å². The van der Waals surface area contributed by atoms with Gasteiger partial charge in [-0.25, -0.2) is 4.98 Å². The number of anilines is 1. The number of rotatable bonds is 5. The standard InChI is InChI=1S/C17H25N7O2/c1-3-12(2)22-7-4-13-14(11-21-8-5-18-6-9-21)20-16-15(24(25)26)10-19-23(16)17(13)22/h10,12,18H,3-9,11H2,1-2H3. The summed E-state index contributed by atoms with van der Waals surface area (Å²) in [6.45, 7) is 9.87. The van der Waals surface area contributed by atoms with Gasteiger partial charge in [-0.05, 0) is 19.8 Å². The lowest BCUT2D eigenvalue weighted by molar-refractivity contribution is -0.383. The van der Waals surface area contributed by atoms with Crippen LogP contribution in [0.4, 0.5) is 11.5 Å². The largest absolute Gasteiger partial charge is 0.353 e. The van der Waals surface area contributed by atoms with E-state index in [-0.39, 0.29) is 5.69 Å². The van der Waals surface area contributed by atoms with E-state index in [0.717, 1.165) is 63.6 Å². The van der Waals surface area contributed by atoms with Gasteiger partial charge in [0.15, 0.2) is 0 Å². The van der Waals surface area contributed by atoms with E-state index >= 15 is 0 Å². The maximum Gasteiger partial charge on any atom is 0.333 e.